The lowest BCUT2D eigenvalue weighted by atomic mass is 9.98. The summed E-state index contributed by atoms with van der Waals surface area (Å²) >= 11 is 0. The number of nitrogens with one attached hydrogen (secondary N) is 1. The van der Waals surface area contributed by atoms with Crippen LogP contribution in [0.2, 0.25) is 0 Å². The van der Waals surface area contributed by atoms with Gasteiger partial charge < -0.3 is 20.1 Å². The van der Waals surface area contributed by atoms with Crippen molar-refractivity contribution in [1.82, 2.24) is 10.2 Å². The van der Waals surface area contributed by atoms with E-state index >= 15 is 0 Å². The molecule has 1 saturated carbocycles. The smallest absolute Gasteiger partial charge is 0.407 e. The lowest BCUT2D eigenvalue weighted by molar-refractivity contribution is -0.149. The average Bonchev–Trinajstić information content (AvgIpc) is 3.51. The fraction of sp³-hybridized carbons (Fsp3) is 0.423. The minimum absolute atomic E-state index is 0.0733. The van der Waals surface area contributed by atoms with Gasteiger partial charge in [0.1, 0.15) is 12.6 Å². The maximum atomic E-state index is 13.8. The molecular weight excluding hydrogens is 458 g/mol. The summed E-state index contributed by atoms with van der Waals surface area (Å²) in [5, 5.41) is 12.0. The molecule has 1 unspecified atom stereocenters. The van der Waals surface area contributed by atoms with Gasteiger partial charge in [0.15, 0.2) is 0 Å². The van der Waals surface area contributed by atoms with Gasteiger partial charge in [0.05, 0.1) is 6.54 Å². The van der Waals surface area contributed by atoms with Crippen molar-refractivity contribution in [2.75, 3.05) is 13.2 Å². The van der Waals surface area contributed by atoms with Crippen LogP contribution in [0.25, 0.3) is 11.1 Å². The number of alkyl carbamates (subject to hydrolysis) is 1. The molecule has 1 aliphatic heterocycles. The van der Waals surface area contributed by atoms with E-state index in [1.165, 1.54) is 0 Å². The second-order valence-electron chi connectivity index (χ2n) is 9.56. The number of ether oxygens (including phenoxy) is 1. The molecule has 0 spiro atoms. The normalized spacial score (nSPS) is 24.6. The number of likely N-dealkylation sites (tertiary alicyclic amines) is 1. The molecule has 9 heteroatoms. The van der Waals surface area contributed by atoms with E-state index < -0.39 is 48.8 Å². The van der Waals surface area contributed by atoms with Gasteiger partial charge in [0.2, 0.25) is 5.91 Å². The van der Waals surface area contributed by atoms with Gasteiger partial charge in [-0.2, -0.15) is 0 Å². The van der Waals surface area contributed by atoms with Gasteiger partial charge in [-0.15, -0.1) is 0 Å². The second-order valence-corrected chi connectivity index (χ2v) is 9.56. The SMILES string of the molecule is O=C(N[C@H]1CC[C@@H](C(=O)N2CC(F)(F)CC2C(=O)O)C1)OCC1c2ccccc2-c2ccccc21. The Labute approximate surface area is 201 Å². The van der Waals surface area contributed by atoms with Crippen molar-refractivity contribution in [1.29, 1.82) is 0 Å². The summed E-state index contributed by atoms with van der Waals surface area (Å²) in [6.07, 6.45) is -0.329. The Morgan fingerprint density at radius 3 is 2.29 bits per heavy atom. The van der Waals surface area contributed by atoms with E-state index in [1.807, 2.05) is 36.4 Å². The molecule has 35 heavy (non-hydrogen) atoms. The van der Waals surface area contributed by atoms with Crippen LogP contribution in [0.4, 0.5) is 13.6 Å². The zero-order chi connectivity index (χ0) is 24.7. The van der Waals surface area contributed by atoms with E-state index in [1.54, 1.807) is 0 Å². The average molecular weight is 484 g/mol. The third-order valence-electron chi connectivity index (χ3n) is 7.29. The third kappa shape index (κ3) is 4.47. The number of alkyl halides is 2. The van der Waals surface area contributed by atoms with Crippen molar-refractivity contribution in [3.63, 3.8) is 0 Å². The molecule has 184 valence electrons. The number of benzene rings is 2. The minimum atomic E-state index is -3.21. The first kappa shape index (κ1) is 23.3. The molecule has 3 aliphatic rings. The number of carboxylic acids is 1. The number of carbonyl (C=O) groups excluding carboxylic acids is 2. The highest BCUT2D eigenvalue weighted by atomic mass is 19.3. The number of halogens is 2. The molecule has 2 amide bonds. The van der Waals surface area contributed by atoms with E-state index in [4.69, 9.17) is 4.74 Å². The highest BCUT2D eigenvalue weighted by Gasteiger charge is 2.51. The molecule has 3 atom stereocenters. The molecule has 2 fully saturated rings. The summed E-state index contributed by atoms with van der Waals surface area (Å²) in [6, 6.07) is 14.2. The molecule has 0 radical (unpaired) electrons. The van der Waals surface area contributed by atoms with Crippen LogP contribution >= 0.6 is 0 Å². The maximum absolute atomic E-state index is 13.8. The fourth-order valence-corrected chi connectivity index (χ4v) is 5.65. The predicted octanol–water partition coefficient (Wildman–Crippen LogP) is 4.01. The Balaban J connectivity index is 1.17. The monoisotopic (exact) mass is 484 g/mol. The van der Waals surface area contributed by atoms with Crippen molar-refractivity contribution >= 4 is 18.0 Å². The van der Waals surface area contributed by atoms with E-state index in [-0.39, 0.29) is 25.0 Å². The number of amides is 2. The molecule has 2 aromatic carbocycles. The number of rotatable bonds is 5. The van der Waals surface area contributed by atoms with Gasteiger partial charge in [-0.3, -0.25) is 4.79 Å². The van der Waals surface area contributed by atoms with Crippen LogP contribution in [0.15, 0.2) is 48.5 Å². The highest BCUT2D eigenvalue weighted by Crippen LogP contribution is 2.44. The van der Waals surface area contributed by atoms with E-state index in [0.29, 0.717) is 12.8 Å². The van der Waals surface area contributed by atoms with Gasteiger partial charge in [-0.05, 0) is 41.5 Å². The maximum Gasteiger partial charge on any atom is 0.407 e. The van der Waals surface area contributed by atoms with Crippen LogP contribution < -0.4 is 5.32 Å². The molecular formula is C26H26F2N2O5. The zero-order valence-corrected chi connectivity index (χ0v) is 19.0. The van der Waals surface area contributed by atoms with Crippen LogP contribution in [-0.2, 0) is 14.3 Å². The van der Waals surface area contributed by atoms with Crippen molar-refractivity contribution in [2.45, 2.75) is 49.6 Å². The molecule has 2 N–H and O–H groups in total. The lowest BCUT2D eigenvalue weighted by Crippen LogP contribution is -2.44. The van der Waals surface area contributed by atoms with E-state index in [9.17, 15) is 28.3 Å². The van der Waals surface area contributed by atoms with Crippen LogP contribution in [-0.4, -0.2) is 59.1 Å². The van der Waals surface area contributed by atoms with E-state index in [0.717, 1.165) is 27.2 Å². The number of fused-ring (bicyclic) bond motifs is 3. The molecule has 5 rings (SSSR count). The van der Waals surface area contributed by atoms with Crippen LogP contribution in [0.1, 0.15) is 42.7 Å². The minimum Gasteiger partial charge on any atom is -0.480 e. The molecule has 0 bridgehead atoms. The van der Waals surface area contributed by atoms with Gasteiger partial charge in [0.25, 0.3) is 5.92 Å². The highest BCUT2D eigenvalue weighted by molar-refractivity contribution is 5.86. The van der Waals surface area contributed by atoms with Crippen molar-refractivity contribution in [3.05, 3.63) is 59.7 Å². The van der Waals surface area contributed by atoms with Gasteiger partial charge in [-0.25, -0.2) is 18.4 Å². The van der Waals surface area contributed by atoms with Crippen molar-refractivity contribution in [3.8, 4) is 11.1 Å². The number of carbonyl (C=O) groups is 3. The van der Waals surface area contributed by atoms with Crippen LogP contribution in [0, 0.1) is 5.92 Å². The van der Waals surface area contributed by atoms with Crippen LogP contribution in [0.5, 0.6) is 0 Å². The number of nitrogens with zero attached hydrogens (tertiary/aromatic N) is 1. The van der Waals surface area contributed by atoms with Crippen LogP contribution in [0.3, 0.4) is 0 Å². The second kappa shape index (κ2) is 8.94. The largest absolute Gasteiger partial charge is 0.480 e. The molecule has 1 heterocycles. The number of hydrogen-bond acceptors (Lipinski definition) is 4. The Morgan fingerprint density at radius 2 is 1.66 bits per heavy atom. The number of carboxylic acid groups (broad SMARTS) is 1. The topological polar surface area (TPSA) is 95.9 Å². The molecule has 0 aromatic heterocycles. The standard InChI is InChI=1S/C26H26F2N2O5/c27-26(28)12-22(24(32)33)30(14-26)23(31)15-9-10-16(11-15)29-25(34)35-13-21-19-7-3-1-5-17(19)18-6-2-4-8-20(18)21/h1-8,15-16,21-22H,9-14H2,(H,29,34)(H,32,33)/t15-,16+,22?/m1/s1. The summed E-state index contributed by atoms with van der Waals surface area (Å²) in [5.41, 5.74) is 4.45. The van der Waals surface area contributed by atoms with Crippen molar-refractivity contribution in [2.24, 2.45) is 5.92 Å². The molecule has 2 aliphatic carbocycles. The Hall–Kier alpha value is -3.49. The number of aliphatic carboxylic acids is 1. The Bertz CT molecular complexity index is 1120. The van der Waals surface area contributed by atoms with Crippen molar-refractivity contribution < 1.29 is 33.0 Å². The summed E-state index contributed by atoms with van der Waals surface area (Å²) in [4.78, 5) is 37.5. The van der Waals surface area contributed by atoms with Gasteiger partial charge in [0, 0.05) is 24.3 Å². The Kier molecular flexibility index (Phi) is 5.94. The van der Waals surface area contributed by atoms with Gasteiger partial charge >= 0.3 is 12.1 Å². The predicted molar refractivity (Wildman–Crippen MR) is 122 cm³/mol. The molecule has 2 aromatic rings. The van der Waals surface area contributed by atoms with Gasteiger partial charge in [-0.1, -0.05) is 48.5 Å². The zero-order valence-electron chi connectivity index (χ0n) is 19.0. The molecule has 1 saturated heterocycles. The summed E-state index contributed by atoms with van der Waals surface area (Å²) < 4.78 is 33.1. The molecule has 7 nitrogen and oxygen atoms in total. The summed E-state index contributed by atoms with van der Waals surface area (Å²) in [7, 11) is 0. The summed E-state index contributed by atoms with van der Waals surface area (Å²) in [6.45, 7) is -0.720. The number of hydrogen-bond donors (Lipinski definition) is 2. The first-order valence-electron chi connectivity index (χ1n) is 11.8. The third-order valence-corrected chi connectivity index (χ3v) is 7.29. The summed E-state index contributed by atoms with van der Waals surface area (Å²) in [5.74, 6) is -5.91. The van der Waals surface area contributed by atoms with E-state index in [2.05, 4.69) is 17.4 Å². The lowest BCUT2D eigenvalue weighted by Gasteiger charge is -2.24. The first-order chi connectivity index (χ1) is 16.7. The fourth-order valence-electron chi connectivity index (χ4n) is 5.65. The first-order valence-corrected chi connectivity index (χ1v) is 11.8. The quantitative estimate of drug-likeness (QED) is 0.669. The Morgan fingerprint density at radius 1 is 1.03 bits per heavy atom.